The van der Waals surface area contributed by atoms with Gasteiger partial charge in [0.25, 0.3) is 17.7 Å². The zero-order chi connectivity index (χ0) is 16.3. The van der Waals surface area contributed by atoms with Gasteiger partial charge >= 0.3 is 12.1 Å². The highest BCUT2D eigenvalue weighted by Crippen LogP contribution is 2.22. The van der Waals surface area contributed by atoms with E-state index in [2.05, 4.69) is 26.3 Å². The summed E-state index contributed by atoms with van der Waals surface area (Å²) < 4.78 is 0. The van der Waals surface area contributed by atoms with E-state index in [0.717, 1.165) is 12.2 Å². The second-order valence-electron chi connectivity index (χ2n) is 3.61. The SMILES string of the molecule is C=CC(=O)N1C(=C)N(C(=O)C=C)C(=O)N(C(=O)C=C)C1=O. The Labute approximate surface area is 119 Å². The Morgan fingerprint density at radius 3 is 1.29 bits per heavy atom. The Balaban J connectivity index is 3.47. The fraction of sp³-hybridized carbons (Fsp3) is 0. The van der Waals surface area contributed by atoms with Crippen molar-refractivity contribution in [3.8, 4) is 0 Å². The summed E-state index contributed by atoms with van der Waals surface area (Å²) in [6, 6.07) is -2.54. The van der Waals surface area contributed by atoms with Crippen LogP contribution < -0.4 is 0 Å². The van der Waals surface area contributed by atoms with E-state index in [9.17, 15) is 24.0 Å². The molecule has 0 N–H and O–H groups in total. The van der Waals surface area contributed by atoms with Crippen molar-refractivity contribution in [2.24, 2.45) is 0 Å². The van der Waals surface area contributed by atoms with Crippen molar-refractivity contribution in [2.75, 3.05) is 0 Å². The molecule has 0 aromatic carbocycles. The summed E-state index contributed by atoms with van der Waals surface area (Å²) in [5, 5.41) is 0. The Morgan fingerprint density at radius 2 is 1.00 bits per heavy atom. The lowest BCUT2D eigenvalue weighted by Crippen LogP contribution is -2.62. The summed E-state index contributed by atoms with van der Waals surface area (Å²) in [7, 11) is 0. The number of carbonyl (C=O) groups excluding carboxylic acids is 5. The van der Waals surface area contributed by atoms with Crippen LogP contribution in [0.15, 0.2) is 50.4 Å². The van der Waals surface area contributed by atoms with Crippen LogP contribution in [0, 0.1) is 0 Å². The lowest BCUT2D eigenvalue weighted by Gasteiger charge is -2.37. The molecule has 108 valence electrons. The Morgan fingerprint density at radius 1 is 0.714 bits per heavy atom. The molecule has 1 heterocycles. The number of urea groups is 2. The van der Waals surface area contributed by atoms with E-state index in [0.29, 0.717) is 15.9 Å². The average Bonchev–Trinajstić information content (AvgIpc) is 2.46. The predicted molar refractivity (Wildman–Crippen MR) is 71.1 cm³/mol. The first kappa shape index (κ1) is 15.8. The summed E-state index contributed by atoms with van der Waals surface area (Å²) in [6.45, 7) is 12.9. The average molecular weight is 289 g/mol. The van der Waals surface area contributed by atoms with Crippen LogP contribution in [0.5, 0.6) is 0 Å². The third-order valence-corrected chi connectivity index (χ3v) is 2.47. The minimum Gasteiger partial charge on any atom is -0.269 e. The van der Waals surface area contributed by atoms with Crippen molar-refractivity contribution >= 4 is 29.8 Å². The summed E-state index contributed by atoms with van der Waals surface area (Å²) >= 11 is 0. The van der Waals surface area contributed by atoms with Gasteiger partial charge in [0.05, 0.1) is 0 Å². The first-order chi connectivity index (χ1) is 9.81. The normalized spacial score (nSPS) is 14.9. The van der Waals surface area contributed by atoms with Crippen LogP contribution in [0.2, 0.25) is 0 Å². The van der Waals surface area contributed by atoms with Crippen molar-refractivity contribution in [1.82, 2.24) is 14.7 Å². The molecule has 21 heavy (non-hydrogen) atoms. The molecule has 1 rings (SSSR count). The number of amides is 7. The van der Waals surface area contributed by atoms with Crippen LogP contribution in [0.4, 0.5) is 9.59 Å². The molecule has 1 aliphatic rings. The Kier molecular flexibility index (Phi) is 4.34. The van der Waals surface area contributed by atoms with Gasteiger partial charge in [0.1, 0.15) is 5.82 Å². The van der Waals surface area contributed by atoms with Crippen LogP contribution in [-0.2, 0) is 14.4 Å². The molecule has 0 aliphatic carbocycles. The van der Waals surface area contributed by atoms with Gasteiger partial charge < -0.3 is 0 Å². The van der Waals surface area contributed by atoms with Gasteiger partial charge in [-0.3, -0.25) is 14.4 Å². The van der Waals surface area contributed by atoms with Gasteiger partial charge in [0, 0.05) is 0 Å². The molecule has 7 amide bonds. The molecule has 8 nitrogen and oxygen atoms in total. The van der Waals surface area contributed by atoms with Gasteiger partial charge in [0.2, 0.25) is 0 Å². The first-order valence-corrected chi connectivity index (χ1v) is 5.48. The zero-order valence-electron chi connectivity index (χ0n) is 10.9. The summed E-state index contributed by atoms with van der Waals surface area (Å²) in [4.78, 5) is 60.0. The largest absolute Gasteiger partial charge is 0.348 e. The van der Waals surface area contributed by atoms with Crippen molar-refractivity contribution in [3.63, 3.8) is 0 Å². The maximum absolute atomic E-state index is 12.1. The third-order valence-electron chi connectivity index (χ3n) is 2.47. The molecule has 0 aromatic heterocycles. The Hall–Kier alpha value is -3.29. The molecule has 1 saturated heterocycles. The molecule has 0 bridgehead atoms. The number of rotatable bonds is 3. The fourth-order valence-corrected chi connectivity index (χ4v) is 1.51. The first-order valence-electron chi connectivity index (χ1n) is 5.48. The minimum absolute atomic E-state index is 0.0878. The van der Waals surface area contributed by atoms with E-state index in [4.69, 9.17) is 0 Å². The molecule has 0 atom stereocenters. The van der Waals surface area contributed by atoms with Crippen molar-refractivity contribution in [1.29, 1.82) is 0 Å². The third kappa shape index (κ3) is 2.41. The van der Waals surface area contributed by atoms with E-state index in [1.165, 1.54) is 0 Å². The summed E-state index contributed by atoms with van der Waals surface area (Å²) in [5.74, 6) is -3.53. The number of imide groups is 5. The Bertz CT molecular complexity index is 516. The predicted octanol–water partition coefficient (Wildman–Crippen LogP) is 0.755. The van der Waals surface area contributed by atoms with Crippen molar-refractivity contribution in [2.45, 2.75) is 0 Å². The molecule has 0 unspecified atom stereocenters. The molecular weight excluding hydrogens is 278 g/mol. The van der Waals surface area contributed by atoms with Gasteiger partial charge in [-0.1, -0.05) is 26.3 Å². The standard InChI is InChI=1S/C13H11N3O5/c1-5-9(17)14-8(4)15(10(18)6-2)13(21)16(12(14)20)11(19)7-3/h5-7H,1-4H2. The van der Waals surface area contributed by atoms with E-state index >= 15 is 0 Å². The molecule has 0 aromatic rings. The smallest absolute Gasteiger partial charge is 0.269 e. The van der Waals surface area contributed by atoms with Crippen LogP contribution in [0.3, 0.4) is 0 Å². The topological polar surface area (TPSA) is 95.1 Å². The van der Waals surface area contributed by atoms with E-state index in [1.54, 1.807) is 0 Å². The lowest BCUT2D eigenvalue weighted by atomic mass is 10.3. The second kappa shape index (κ2) is 5.78. The maximum Gasteiger partial charge on any atom is 0.348 e. The summed E-state index contributed by atoms with van der Waals surface area (Å²) in [6.07, 6.45) is 2.23. The van der Waals surface area contributed by atoms with Crippen molar-refractivity contribution < 1.29 is 24.0 Å². The van der Waals surface area contributed by atoms with Crippen LogP contribution in [0.1, 0.15) is 0 Å². The van der Waals surface area contributed by atoms with Gasteiger partial charge in [-0.2, -0.15) is 4.90 Å². The number of hydrogen-bond acceptors (Lipinski definition) is 5. The molecule has 0 radical (unpaired) electrons. The van der Waals surface area contributed by atoms with Gasteiger partial charge in [-0.15, -0.1) is 0 Å². The van der Waals surface area contributed by atoms with Crippen LogP contribution >= 0.6 is 0 Å². The van der Waals surface area contributed by atoms with Gasteiger partial charge in [0.15, 0.2) is 0 Å². The maximum atomic E-state index is 12.1. The molecular formula is C13H11N3O5. The van der Waals surface area contributed by atoms with Gasteiger partial charge in [-0.05, 0) is 18.2 Å². The van der Waals surface area contributed by atoms with E-state index in [-0.39, 0.29) is 4.90 Å². The van der Waals surface area contributed by atoms with Crippen molar-refractivity contribution in [3.05, 3.63) is 50.4 Å². The molecule has 0 saturated carbocycles. The van der Waals surface area contributed by atoms with Gasteiger partial charge in [-0.25, -0.2) is 19.4 Å². The fourth-order valence-electron chi connectivity index (χ4n) is 1.51. The van der Waals surface area contributed by atoms with E-state index < -0.39 is 35.6 Å². The lowest BCUT2D eigenvalue weighted by molar-refractivity contribution is -0.129. The quantitative estimate of drug-likeness (QED) is 0.715. The van der Waals surface area contributed by atoms with E-state index in [1.807, 2.05) is 0 Å². The highest BCUT2D eigenvalue weighted by Gasteiger charge is 2.46. The van der Waals surface area contributed by atoms with Crippen LogP contribution in [-0.4, -0.2) is 44.5 Å². The second-order valence-corrected chi connectivity index (χ2v) is 3.61. The highest BCUT2D eigenvalue weighted by molar-refractivity contribution is 6.22. The number of nitrogens with zero attached hydrogens (tertiary/aromatic N) is 3. The zero-order valence-corrected chi connectivity index (χ0v) is 10.9. The summed E-state index contributed by atoms with van der Waals surface area (Å²) in [5.41, 5.74) is 0. The van der Waals surface area contributed by atoms with Crippen LogP contribution in [0.25, 0.3) is 0 Å². The molecule has 8 heteroatoms. The number of hydrogen-bond donors (Lipinski definition) is 0. The minimum atomic E-state index is -1.27. The highest BCUT2D eigenvalue weighted by atomic mass is 16.2. The monoisotopic (exact) mass is 289 g/mol. The number of carbonyl (C=O) groups is 5. The molecule has 0 spiro atoms. The molecule has 1 fully saturated rings. The molecule has 1 aliphatic heterocycles.